The number of hydrogen-bond donors (Lipinski definition) is 1. The van der Waals surface area contributed by atoms with E-state index in [1.807, 2.05) is 6.92 Å². The van der Waals surface area contributed by atoms with E-state index in [0.717, 1.165) is 5.56 Å². The van der Waals surface area contributed by atoms with Gasteiger partial charge in [-0.1, -0.05) is 0 Å². The number of amides is 1. The van der Waals surface area contributed by atoms with Crippen molar-refractivity contribution in [1.82, 2.24) is 9.88 Å². The highest BCUT2D eigenvalue weighted by molar-refractivity contribution is 5.78. The number of aryl methyl sites for hydroxylation is 1. The molecule has 0 aliphatic heterocycles. The summed E-state index contributed by atoms with van der Waals surface area (Å²) in [5.74, 6) is -0.0684. The lowest BCUT2D eigenvalue weighted by Crippen LogP contribution is -2.26. The second-order valence-electron chi connectivity index (χ2n) is 3.50. The fourth-order valence-corrected chi connectivity index (χ4v) is 1.11. The first kappa shape index (κ1) is 10.5. The number of carbonyl (C=O) groups is 1. The number of H-pyrrole nitrogens is 1. The van der Waals surface area contributed by atoms with Gasteiger partial charge in [0, 0.05) is 25.9 Å². The van der Waals surface area contributed by atoms with Crippen molar-refractivity contribution in [2.45, 2.75) is 13.3 Å². The lowest BCUT2D eigenvalue weighted by Gasteiger charge is -2.09. The second kappa shape index (κ2) is 4.09. The standard InChI is InChI=1S/C10H14N2O2/c1-7-4-8(10(14)11-6-7)5-9(13)12(2)3/h4,6H,5H2,1-3H3,(H,11,14). The van der Waals surface area contributed by atoms with Crippen LogP contribution in [-0.2, 0) is 11.2 Å². The highest BCUT2D eigenvalue weighted by Crippen LogP contribution is 1.98. The minimum Gasteiger partial charge on any atom is -0.349 e. The number of aromatic amines is 1. The predicted octanol–water partition coefficient (Wildman–Crippen LogP) is 0.314. The van der Waals surface area contributed by atoms with Gasteiger partial charge in [0.25, 0.3) is 5.56 Å². The summed E-state index contributed by atoms with van der Waals surface area (Å²) in [7, 11) is 3.35. The van der Waals surface area contributed by atoms with E-state index in [-0.39, 0.29) is 17.9 Å². The molecule has 0 bridgehead atoms. The van der Waals surface area contributed by atoms with E-state index in [1.165, 1.54) is 4.90 Å². The van der Waals surface area contributed by atoms with Crippen LogP contribution >= 0.6 is 0 Å². The molecule has 0 fully saturated rings. The van der Waals surface area contributed by atoms with Gasteiger partial charge in [-0.3, -0.25) is 9.59 Å². The maximum absolute atomic E-state index is 11.3. The average Bonchev–Trinajstić information content (AvgIpc) is 2.11. The Hall–Kier alpha value is -1.58. The third kappa shape index (κ3) is 2.45. The van der Waals surface area contributed by atoms with Crippen LogP contribution in [0.5, 0.6) is 0 Å². The number of nitrogens with zero attached hydrogens (tertiary/aromatic N) is 1. The third-order valence-corrected chi connectivity index (χ3v) is 1.96. The molecular weight excluding hydrogens is 180 g/mol. The first-order chi connectivity index (χ1) is 6.50. The van der Waals surface area contributed by atoms with Crippen LogP contribution < -0.4 is 5.56 Å². The Morgan fingerprint density at radius 1 is 1.50 bits per heavy atom. The highest BCUT2D eigenvalue weighted by atomic mass is 16.2. The maximum atomic E-state index is 11.3. The minimum absolute atomic E-state index is 0.0684. The number of rotatable bonds is 2. The Bertz CT molecular complexity index is 393. The van der Waals surface area contributed by atoms with Crippen LogP contribution in [-0.4, -0.2) is 29.9 Å². The van der Waals surface area contributed by atoms with Crippen molar-refractivity contribution in [1.29, 1.82) is 0 Å². The summed E-state index contributed by atoms with van der Waals surface area (Å²) in [6, 6.07) is 1.74. The molecule has 14 heavy (non-hydrogen) atoms. The SMILES string of the molecule is Cc1c[nH]c(=O)c(CC(=O)N(C)C)c1. The van der Waals surface area contributed by atoms with Crippen molar-refractivity contribution in [3.8, 4) is 0 Å². The molecule has 1 rings (SSSR count). The second-order valence-corrected chi connectivity index (χ2v) is 3.50. The van der Waals surface area contributed by atoms with Crippen LogP contribution in [0.3, 0.4) is 0 Å². The molecule has 0 saturated heterocycles. The average molecular weight is 194 g/mol. The van der Waals surface area contributed by atoms with Crippen molar-refractivity contribution in [2.75, 3.05) is 14.1 Å². The molecule has 1 amide bonds. The topological polar surface area (TPSA) is 53.2 Å². The summed E-state index contributed by atoms with van der Waals surface area (Å²) in [5.41, 5.74) is 1.28. The van der Waals surface area contributed by atoms with Gasteiger partial charge in [-0.25, -0.2) is 0 Å². The van der Waals surface area contributed by atoms with Crippen LogP contribution in [0.4, 0.5) is 0 Å². The van der Waals surface area contributed by atoms with Crippen LogP contribution in [0.2, 0.25) is 0 Å². The zero-order chi connectivity index (χ0) is 10.7. The summed E-state index contributed by atoms with van der Waals surface area (Å²) < 4.78 is 0. The molecule has 1 heterocycles. The summed E-state index contributed by atoms with van der Waals surface area (Å²) in [4.78, 5) is 26.7. The third-order valence-electron chi connectivity index (χ3n) is 1.96. The molecule has 0 atom stereocenters. The van der Waals surface area contributed by atoms with E-state index in [1.54, 1.807) is 26.4 Å². The van der Waals surface area contributed by atoms with Crippen LogP contribution in [0.1, 0.15) is 11.1 Å². The fraction of sp³-hybridized carbons (Fsp3) is 0.400. The monoisotopic (exact) mass is 194 g/mol. The van der Waals surface area contributed by atoms with Gasteiger partial charge in [0.2, 0.25) is 5.91 Å². The van der Waals surface area contributed by atoms with E-state index in [4.69, 9.17) is 0 Å². The van der Waals surface area contributed by atoms with Gasteiger partial charge in [0.1, 0.15) is 0 Å². The van der Waals surface area contributed by atoms with E-state index < -0.39 is 0 Å². The summed E-state index contributed by atoms with van der Waals surface area (Å²) in [5, 5.41) is 0. The van der Waals surface area contributed by atoms with Crippen molar-refractivity contribution >= 4 is 5.91 Å². The summed E-state index contributed by atoms with van der Waals surface area (Å²) in [6.45, 7) is 1.87. The fourth-order valence-electron chi connectivity index (χ4n) is 1.11. The number of aromatic nitrogens is 1. The number of hydrogen-bond acceptors (Lipinski definition) is 2. The van der Waals surface area contributed by atoms with Gasteiger partial charge in [0.15, 0.2) is 0 Å². The Morgan fingerprint density at radius 2 is 2.14 bits per heavy atom. The van der Waals surface area contributed by atoms with Gasteiger partial charge >= 0.3 is 0 Å². The van der Waals surface area contributed by atoms with Gasteiger partial charge in [0.05, 0.1) is 6.42 Å². The van der Waals surface area contributed by atoms with Crippen molar-refractivity contribution in [2.24, 2.45) is 0 Å². The number of likely N-dealkylation sites (N-methyl/N-ethyl adjacent to an activating group) is 1. The molecule has 0 aromatic carbocycles. The molecule has 0 aliphatic carbocycles. The van der Waals surface area contributed by atoms with E-state index in [2.05, 4.69) is 4.98 Å². The van der Waals surface area contributed by atoms with Gasteiger partial charge < -0.3 is 9.88 Å². The summed E-state index contributed by atoms with van der Waals surface area (Å²) >= 11 is 0. The number of nitrogens with one attached hydrogen (secondary N) is 1. The maximum Gasteiger partial charge on any atom is 0.251 e. The van der Waals surface area contributed by atoms with Crippen LogP contribution in [0.15, 0.2) is 17.1 Å². The molecule has 1 aromatic heterocycles. The predicted molar refractivity (Wildman–Crippen MR) is 54.2 cm³/mol. The molecule has 1 aromatic rings. The normalized spacial score (nSPS) is 9.93. The molecule has 1 N–H and O–H groups in total. The van der Waals surface area contributed by atoms with Gasteiger partial charge in [-0.05, 0) is 18.6 Å². The summed E-state index contributed by atoms with van der Waals surface area (Å²) in [6.07, 6.45) is 1.79. The van der Waals surface area contributed by atoms with Gasteiger partial charge in [-0.2, -0.15) is 0 Å². The van der Waals surface area contributed by atoms with Crippen LogP contribution in [0.25, 0.3) is 0 Å². The van der Waals surface area contributed by atoms with Crippen molar-refractivity contribution in [3.05, 3.63) is 33.7 Å². The van der Waals surface area contributed by atoms with Crippen molar-refractivity contribution < 1.29 is 4.79 Å². The lowest BCUT2D eigenvalue weighted by atomic mass is 10.1. The molecule has 4 nitrogen and oxygen atoms in total. The Balaban J connectivity index is 2.92. The first-order valence-corrected chi connectivity index (χ1v) is 4.39. The first-order valence-electron chi connectivity index (χ1n) is 4.39. The molecule has 0 aliphatic rings. The van der Waals surface area contributed by atoms with E-state index >= 15 is 0 Å². The smallest absolute Gasteiger partial charge is 0.251 e. The largest absolute Gasteiger partial charge is 0.349 e. The Kier molecular flexibility index (Phi) is 3.06. The molecule has 0 radical (unpaired) electrons. The van der Waals surface area contributed by atoms with E-state index in [9.17, 15) is 9.59 Å². The molecule has 0 unspecified atom stereocenters. The molecule has 0 saturated carbocycles. The number of pyridine rings is 1. The molecule has 0 spiro atoms. The zero-order valence-corrected chi connectivity index (χ0v) is 8.63. The Labute approximate surface area is 82.6 Å². The number of carbonyl (C=O) groups excluding carboxylic acids is 1. The van der Waals surface area contributed by atoms with Crippen LogP contribution in [0, 0.1) is 6.92 Å². The van der Waals surface area contributed by atoms with Crippen molar-refractivity contribution in [3.63, 3.8) is 0 Å². The Morgan fingerprint density at radius 3 is 2.71 bits per heavy atom. The van der Waals surface area contributed by atoms with E-state index in [0.29, 0.717) is 5.56 Å². The minimum atomic E-state index is -0.189. The van der Waals surface area contributed by atoms with Gasteiger partial charge in [-0.15, -0.1) is 0 Å². The highest BCUT2D eigenvalue weighted by Gasteiger charge is 2.08. The quantitative estimate of drug-likeness (QED) is 0.736. The lowest BCUT2D eigenvalue weighted by molar-refractivity contribution is -0.127. The molecule has 76 valence electrons. The zero-order valence-electron chi connectivity index (χ0n) is 8.63. The molecule has 4 heteroatoms. The molecular formula is C10H14N2O2.